The number of nitrogens with zero attached hydrogens (tertiary/aromatic N) is 3. The van der Waals surface area contributed by atoms with Gasteiger partial charge in [0.1, 0.15) is 0 Å². The van der Waals surface area contributed by atoms with Gasteiger partial charge in [0, 0.05) is 42.8 Å². The second kappa shape index (κ2) is 6.22. The van der Waals surface area contributed by atoms with Gasteiger partial charge >= 0.3 is 0 Å². The van der Waals surface area contributed by atoms with E-state index in [0.717, 1.165) is 37.4 Å². The number of benzene rings is 1. The molecule has 0 spiro atoms. The van der Waals surface area contributed by atoms with Crippen molar-refractivity contribution in [2.45, 2.75) is 39.3 Å². The first-order valence-electron chi connectivity index (χ1n) is 7.64. The number of para-hydroxylation sites is 1. The lowest BCUT2D eigenvalue weighted by Crippen LogP contribution is -2.26. The monoisotopic (exact) mass is 282 g/mol. The molecule has 0 fully saturated rings. The minimum absolute atomic E-state index is 0.471. The molecule has 110 valence electrons. The average Bonchev–Trinajstić information content (AvgIpc) is 2.53. The van der Waals surface area contributed by atoms with Crippen LogP contribution in [0.5, 0.6) is 0 Å². The van der Waals surface area contributed by atoms with Crippen molar-refractivity contribution in [3.8, 4) is 0 Å². The highest BCUT2D eigenvalue weighted by Gasteiger charge is 2.19. The van der Waals surface area contributed by atoms with Crippen LogP contribution in [0.4, 0.5) is 11.6 Å². The Bertz CT molecular complexity index is 592. The van der Waals surface area contributed by atoms with Crippen molar-refractivity contribution in [3.05, 3.63) is 47.8 Å². The molecule has 2 aromatic rings. The van der Waals surface area contributed by atoms with Crippen LogP contribution in [0.1, 0.15) is 31.4 Å². The Kier molecular flexibility index (Phi) is 4.15. The van der Waals surface area contributed by atoms with E-state index in [9.17, 15) is 0 Å². The van der Waals surface area contributed by atoms with Crippen LogP contribution in [-0.2, 0) is 13.0 Å². The van der Waals surface area contributed by atoms with Gasteiger partial charge in [0.2, 0.25) is 5.95 Å². The molecule has 1 aromatic heterocycles. The van der Waals surface area contributed by atoms with Gasteiger partial charge in [0.05, 0.1) is 0 Å². The molecule has 1 aliphatic rings. The second-order valence-corrected chi connectivity index (χ2v) is 5.81. The first-order valence-corrected chi connectivity index (χ1v) is 7.64. The van der Waals surface area contributed by atoms with Gasteiger partial charge in [-0.05, 0) is 24.5 Å². The Morgan fingerprint density at radius 3 is 2.71 bits per heavy atom. The molecule has 0 bridgehead atoms. The maximum absolute atomic E-state index is 4.55. The molecule has 0 amide bonds. The van der Waals surface area contributed by atoms with Gasteiger partial charge < -0.3 is 10.2 Å². The Hall–Kier alpha value is -1.94. The third-order valence-corrected chi connectivity index (χ3v) is 3.76. The average molecular weight is 282 g/mol. The lowest BCUT2D eigenvalue weighted by molar-refractivity contribution is 0.586. The molecular formula is C17H22N4. The third kappa shape index (κ3) is 3.22. The zero-order valence-electron chi connectivity index (χ0n) is 12.7. The fourth-order valence-electron chi connectivity index (χ4n) is 2.64. The summed E-state index contributed by atoms with van der Waals surface area (Å²) in [5.74, 6) is 0.801. The summed E-state index contributed by atoms with van der Waals surface area (Å²) in [5.41, 5.74) is 3.76. The minimum atomic E-state index is 0.471. The fraction of sp³-hybridized carbons (Fsp3) is 0.412. The molecule has 21 heavy (non-hydrogen) atoms. The summed E-state index contributed by atoms with van der Waals surface area (Å²) in [6.07, 6.45) is 6.14. The first-order chi connectivity index (χ1) is 10.2. The van der Waals surface area contributed by atoms with E-state index in [0.29, 0.717) is 6.04 Å². The Labute approximate surface area is 126 Å². The topological polar surface area (TPSA) is 41.1 Å². The van der Waals surface area contributed by atoms with Gasteiger partial charge in [-0.1, -0.05) is 32.0 Å². The van der Waals surface area contributed by atoms with Gasteiger partial charge in [-0.25, -0.2) is 9.97 Å². The van der Waals surface area contributed by atoms with Crippen LogP contribution in [0.25, 0.3) is 0 Å². The van der Waals surface area contributed by atoms with Crippen molar-refractivity contribution >= 4 is 11.6 Å². The summed E-state index contributed by atoms with van der Waals surface area (Å²) in [5, 5.41) is 3.38. The Morgan fingerprint density at radius 1 is 1.19 bits per heavy atom. The molecule has 2 heterocycles. The predicted octanol–water partition coefficient (Wildman–Crippen LogP) is 3.06. The van der Waals surface area contributed by atoms with Crippen LogP contribution in [-0.4, -0.2) is 22.6 Å². The van der Waals surface area contributed by atoms with Crippen LogP contribution >= 0.6 is 0 Å². The largest absolute Gasteiger partial charge is 0.310 e. The van der Waals surface area contributed by atoms with E-state index in [-0.39, 0.29) is 0 Å². The van der Waals surface area contributed by atoms with Gasteiger partial charge in [-0.15, -0.1) is 0 Å². The molecule has 0 unspecified atom stereocenters. The van der Waals surface area contributed by atoms with Crippen molar-refractivity contribution in [1.29, 1.82) is 0 Å². The number of aryl methyl sites for hydroxylation is 1. The van der Waals surface area contributed by atoms with Crippen LogP contribution in [0, 0.1) is 0 Å². The highest BCUT2D eigenvalue weighted by atomic mass is 15.3. The zero-order valence-corrected chi connectivity index (χ0v) is 12.7. The highest BCUT2D eigenvalue weighted by molar-refractivity contribution is 5.63. The van der Waals surface area contributed by atoms with Gasteiger partial charge in [-0.3, -0.25) is 0 Å². The maximum Gasteiger partial charge on any atom is 0.229 e. The van der Waals surface area contributed by atoms with Gasteiger partial charge in [0.15, 0.2) is 0 Å². The second-order valence-electron chi connectivity index (χ2n) is 5.81. The van der Waals surface area contributed by atoms with Crippen molar-refractivity contribution in [3.63, 3.8) is 0 Å². The molecule has 1 aromatic carbocycles. The molecule has 1 aliphatic heterocycles. The van der Waals surface area contributed by atoms with Gasteiger partial charge in [-0.2, -0.15) is 0 Å². The standard InChI is InChI=1S/C17H22N4/c1-13(2)18-10-14-11-19-17(20-12-14)21-9-5-7-15-6-3-4-8-16(15)21/h3-4,6,8,11-13,18H,5,7,9-10H2,1-2H3. The predicted molar refractivity (Wildman–Crippen MR) is 85.8 cm³/mol. The van der Waals surface area contributed by atoms with Gasteiger partial charge in [0.25, 0.3) is 0 Å². The molecule has 3 rings (SSSR count). The summed E-state index contributed by atoms with van der Waals surface area (Å²) < 4.78 is 0. The van der Waals surface area contributed by atoms with Crippen molar-refractivity contribution in [2.75, 3.05) is 11.4 Å². The van der Waals surface area contributed by atoms with Crippen molar-refractivity contribution in [2.24, 2.45) is 0 Å². The third-order valence-electron chi connectivity index (χ3n) is 3.76. The quantitative estimate of drug-likeness (QED) is 0.935. The van der Waals surface area contributed by atoms with Crippen molar-refractivity contribution < 1.29 is 0 Å². The van der Waals surface area contributed by atoms with Crippen LogP contribution < -0.4 is 10.2 Å². The number of hydrogen-bond donors (Lipinski definition) is 1. The summed E-state index contributed by atoms with van der Waals surface area (Å²) in [7, 11) is 0. The smallest absolute Gasteiger partial charge is 0.229 e. The normalized spacial score (nSPS) is 14.3. The number of rotatable bonds is 4. The fourth-order valence-corrected chi connectivity index (χ4v) is 2.64. The van der Waals surface area contributed by atoms with Crippen LogP contribution in [0.3, 0.4) is 0 Å². The molecule has 0 saturated carbocycles. The van der Waals surface area contributed by atoms with Crippen LogP contribution in [0.15, 0.2) is 36.7 Å². The SMILES string of the molecule is CC(C)NCc1cnc(N2CCCc3ccccc32)nc1. The first kappa shape index (κ1) is 14.0. The molecule has 4 heteroatoms. The molecule has 0 radical (unpaired) electrons. The van der Waals surface area contributed by atoms with E-state index in [2.05, 4.69) is 58.3 Å². The number of fused-ring (bicyclic) bond motifs is 1. The molecule has 4 nitrogen and oxygen atoms in total. The summed E-state index contributed by atoms with van der Waals surface area (Å²) in [6, 6.07) is 9.01. The lowest BCUT2D eigenvalue weighted by Gasteiger charge is -2.29. The molecule has 1 N–H and O–H groups in total. The van der Waals surface area contributed by atoms with Crippen LogP contribution in [0.2, 0.25) is 0 Å². The summed E-state index contributed by atoms with van der Waals surface area (Å²) in [6.45, 7) is 6.08. The highest BCUT2D eigenvalue weighted by Crippen LogP contribution is 2.30. The van der Waals surface area contributed by atoms with Crippen molar-refractivity contribution in [1.82, 2.24) is 15.3 Å². The molecule has 0 saturated heterocycles. The lowest BCUT2D eigenvalue weighted by atomic mass is 10.0. The Balaban J connectivity index is 1.79. The minimum Gasteiger partial charge on any atom is -0.310 e. The number of aromatic nitrogens is 2. The zero-order chi connectivity index (χ0) is 14.7. The number of anilines is 2. The molecular weight excluding hydrogens is 260 g/mol. The van der Waals surface area contributed by atoms with E-state index < -0.39 is 0 Å². The number of hydrogen-bond acceptors (Lipinski definition) is 4. The van der Waals surface area contributed by atoms with E-state index in [1.165, 1.54) is 11.3 Å². The van der Waals surface area contributed by atoms with E-state index in [1.807, 2.05) is 12.4 Å². The number of nitrogens with one attached hydrogen (secondary N) is 1. The maximum atomic E-state index is 4.55. The summed E-state index contributed by atoms with van der Waals surface area (Å²) in [4.78, 5) is 11.3. The molecule has 0 aliphatic carbocycles. The van der Waals surface area contributed by atoms with E-state index in [1.54, 1.807) is 0 Å². The summed E-state index contributed by atoms with van der Waals surface area (Å²) >= 11 is 0. The Morgan fingerprint density at radius 2 is 1.95 bits per heavy atom. The molecule has 0 atom stereocenters. The van der Waals surface area contributed by atoms with E-state index >= 15 is 0 Å². The van der Waals surface area contributed by atoms with E-state index in [4.69, 9.17) is 0 Å².